The van der Waals surface area contributed by atoms with Crippen molar-refractivity contribution in [2.45, 2.75) is 13.3 Å². The number of hydrogen-bond donors (Lipinski definition) is 2. The first-order chi connectivity index (χ1) is 8.77. The number of aliphatic hydroxyl groups excluding tert-OH is 1. The van der Waals surface area contributed by atoms with Crippen LogP contribution in [0.1, 0.15) is 18.9 Å². The predicted molar refractivity (Wildman–Crippen MR) is 71.4 cm³/mol. The molecule has 2 N–H and O–H groups in total. The molecule has 1 aromatic carbocycles. The van der Waals surface area contributed by atoms with Gasteiger partial charge in [-0.3, -0.25) is 4.79 Å². The Kier molecular flexibility index (Phi) is 6.58. The fourth-order valence-corrected chi connectivity index (χ4v) is 1.37. The first-order valence-electron chi connectivity index (χ1n) is 6.06. The molecule has 1 rings (SSSR count). The van der Waals surface area contributed by atoms with Gasteiger partial charge >= 0.3 is 0 Å². The van der Waals surface area contributed by atoms with Gasteiger partial charge in [-0.05, 0) is 18.6 Å². The summed E-state index contributed by atoms with van der Waals surface area (Å²) in [5.74, 6) is 0.542. The molecule has 0 radical (unpaired) electrons. The van der Waals surface area contributed by atoms with Crippen LogP contribution in [-0.4, -0.2) is 30.8 Å². The number of para-hydroxylation sites is 1. The Bertz CT molecular complexity index is 402. The van der Waals surface area contributed by atoms with Crippen LogP contribution >= 0.6 is 0 Å². The molecule has 0 heterocycles. The summed E-state index contributed by atoms with van der Waals surface area (Å²) >= 11 is 0. The van der Waals surface area contributed by atoms with Gasteiger partial charge in [-0.1, -0.05) is 25.1 Å². The fourth-order valence-electron chi connectivity index (χ4n) is 1.37. The summed E-state index contributed by atoms with van der Waals surface area (Å²) in [6.07, 6.45) is 4.08. The number of rotatable bonds is 7. The van der Waals surface area contributed by atoms with Gasteiger partial charge in [0.1, 0.15) is 5.75 Å². The van der Waals surface area contributed by atoms with Crippen LogP contribution < -0.4 is 10.1 Å². The molecular formula is C14H19NO3. The van der Waals surface area contributed by atoms with Crippen molar-refractivity contribution >= 4 is 12.0 Å². The minimum atomic E-state index is -0.227. The van der Waals surface area contributed by atoms with Gasteiger partial charge in [-0.15, -0.1) is 0 Å². The van der Waals surface area contributed by atoms with E-state index in [1.165, 1.54) is 6.08 Å². The zero-order valence-corrected chi connectivity index (χ0v) is 10.6. The highest BCUT2D eigenvalue weighted by Gasteiger charge is 2.00. The summed E-state index contributed by atoms with van der Waals surface area (Å²) in [5.41, 5.74) is 0.866. The number of carbonyl (C=O) groups is 1. The van der Waals surface area contributed by atoms with Gasteiger partial charge < -0.3 is 15.2 Å². The molecule has 0 saturated heterocycles. The van der Waals surface area contributed by atoms with E-state index in [2.05, 4.69) is 5.32 Å². The molecule has 0 unspecified atom stereocenters. The topological polar surface area (TPSA) is 58.6 Å². The summed E-state index contributed by atoms with van der Waals surface area (Å²) in [6, 6.07) is 7.56. The van der Waals surface area contributed by atoms with Gasteiger partial charge in [0.25, 0.3) is 0 Å². The van der Waals surface area contributed by atoms with Crippen molar-refractivity contribution in [1.29, 1.82) is 0 Å². The van der Waals surface area contributed by atoms with Crippen molar-refractivity contribution in [3.05, 3.63) is 35.9 Å². The summed E-state index contributed by atoms with van der Waals surface area (Å²) in [7, 11) is 0. The molecule has 98 valence electrons. The Hall–Kier alpha value is -1.81. The van der Waals surface area contributed by atoms with Gasteiger partial charge in [-0.25, -0.2) is 0 Å². The van der Waals surface area contributed by atoms with E-state index in [1.807, 2.05) is 31.2 Å². The number of nitrogens with one attached hydrogen (secondary N) is 1. The minimum absolute atomic E-state index is 0.0597. The summed E-state index contributed by atoms with van der Waals surface area (Å²) in [4.78, 5) is 11.4. The average molecular weight is 249 g/mol. The molecule has 0 atom stereocenters. The van der Waals surface area contributed by atoms with E-state index in [9.17, 15) is 4.79 Å². The lowest BCUT2D eigenvalue weighted by Gasteiger charge is -2.07. The van der Waals surface area contributed by atoms with Crippen LogP contribution in [-0.2, 0) is 4.79 Å². The third-order valence-electron chi connectivity index (χ3n) is 2.21. The maximum atomic E-state index is 11.4. The standard InChI is InChI=1S/C14H19NO3/c1-2-11-18-13-6-4-3-5-12(13)7-8-14(17)15-9-10-16/h3-8,16H,2,9-11H2,1H3,(H,15,17)/b8-7+. The molecular weight excluding hydrogens is 230 g/mol. The van der Waals surface area contributed by atoms with Gasteiger partial charge in [0.05, 0.1) is 13.2 Å². The number of aliphatic hydroxyl groups is 1. The van der Waals surface area contributed by atoms with Crippen LogP contribution in [0.25, 0.3) is 6.08 Å². The molecule has 0 saturated carbocycles. The largest absolute Gasteiger partial charge is 0.493 e. The molecule has 0 aliphatic rings. The zero-order valence-electron chi connectivity index (χ0n) is 10.6. The average Bonchev–Trinajstić information content (AvgIpc) is 2.41. The van der Waals surface area contributed by atoms with Crippen molar-refractivity contribution < 1.29 is 14.6 Å². The number of hydrogen-bond acceptors (Lipinski definition) is 3. The van der Waals surface area contributed by atoms with E-state index >= 15 is 0 Å². The molecule has 1 amide bonds. The summed E-state index contributed by atoms with van der Waals surface area (Å²) < 4.78 is 5.58. The van der Waals surface area contributed by atoms with Crippen LogP contribution in [0, 0.1) is 0 Å². The Balaban J connectivity index is 2.65. The smallest absolute Gasteiger partial charge is 0.244 e. The van der Waals surface area contributed by atoms with Gasteiger partial charge in [0.15, 0.2) is 0 Å². The molecule has 0 spiro atoms. The minimum Gasteiger partial charge on any atom is -0.493 e. The second kappa shape index (κ2) is 8.31. The molecule has 0 fully saturated rings. The second-order valence-electron chi connectivity index (χ2n) is 3.73. The normalized spacial score (nSPS) is 10.6. The molecule has 0 aliphatic heterocycles. The van der Waals surface area contributed by atoms with Gasteiger partial charge in [-0.2, -0.15) is 0 Å². The summed E-state index contributed by atoms with van der Waals surface area (Å²) in [6.45, 7) is 2.90. The third kappa shape index (κ3) is 5.01. The SMILES string of the molecule is CCCOc1ccccc1/C=C/C(=O)NCCO. The molecule has 4 nitrogen and oxygen atoms in total. The first-order valence-corrected chi connectivity index (χ1v) is 6.06. The Labute approximate surface area is 107 Å². The number of ether oxygens (including phenoxy) is 1. The lowest BCUT2D eigenvalue weighted by molar-refractivity contribution is -0.116. The van der Waals surface area contributed by atoms with Crippen LogP contribution in [0.2, 0.25) is 0 Å². The monoisotopic (exact) mass is 249 g/mol. The van der Waals surface area contributed by atoms with Crippen molar-refractivity contribution in [2.24, 2.45) is 0 Å². The van der Waals surface area contributed by atoms with E-state index in [0.717, 1.165) is 17.7 Å². The lowest BCUT2D eigenvalue weighted by Crippen LogP contribution is -2.24. The van der Waals surface area contributed by atoms with Crippen LogP contribution in [0.4, 0.5) is 0 Å². The van der Waals surface area contributed by atoms with Crippen molar-refractivity contribution in [1.82, 2.24) is 5.32 Å². The predicted octanol–water partition coefficient (Wildman–Crippen LogP) is 1.60. The van der Waals surface area contributed by atoms with Crippen molar-refractivity contribution in [3.63, 3.8) is 0 Å². The molecule has 0 aromatic heterocycles. The quantitative estimate of drug-likeness (QED) is 0.722. The van der Waals surface area contributed by atoms with E-state index in [4.69, 9.17) is 9.84 Å². The molecule has 0 aliphatic carbocycles. The van der Waals surface area contributed by atoms with E-state index in [1.54, 1.807) is 6.08 Å². The zero-order chi connectivity index (χ0) is 13.2. The van der Waals surface area contributed by atoms with E-state index < -0.39 is 0 Å². The molecule has 1 aromatic rings. The van der Waals surface area contributed by atoms with Crippen molar-refractivity contribution in [2.75, 3.05) is 19.8 Å². The van der Waals surface area contributed by atoms with Gasteiger partial charge in [0, 0.05) is 18.2 Å². The number of carbonyl (C=O) groups excluding carboxylic acids is 1. The first kappa shape index (κ1) is 14.3. The maximum absolute atomic E-state index is 11.4. The second-order valence-corrected chi connectivity index (χ2v) is 3.73. The van der Waals surface area contributed by atoms with Crippen LogP contribution in [0.3, 0.4) is 0 Å². The van der Waals surface area contributed by atoms with Gasteiger partial charge in [0.2, 0.25) is 5.91 Å². The Morgan fingerprint density at radius 2 is 2.22 bits per heavy atom. The van der Waals surface area contributed by atoms with E-state index in [-0.39, 0.29) is 19.1 Å². The molecule has 18 heavy (non-hydrogen) atoms. The maximum Gasteiger partial charge on any atom is 0.244 e. The van der Waals surface area contributed by atoms with E-state index in [0.29, 0.717) is 6.61 Å². The summed E-state index contributed by atoms with van der Waals surface area (Å²) in [5, 5.41) is 11.1. The highest BCUT2D eigenvalue weighted by atomic mass is 16.5. The Morgan fingerprint density at radius 3 is 2.94 bits per heavy atom. The number of amides is 1. The highest BCUT2D eigenvalue weighted by molar-refractivity contribution is 5.92. The fraction of sp³-hybridized carbons (Fsp3) is 0.357. The highest BCUT2D eigenvalue weighted by Crippen LogP contribution is 2.19. The number of benzene rings is 1. The molecule has 0 bridgehead atoms. The Morgan fingerprint density at radius 1 is 1.44 bits per heavy atom. The van der Waals surface area contributed by atoms with Crippen LogP contribution in [0.5, 0.6) is 5.75 Å². The lowest BCUT2D eigenvalue weighted by atomic mass is 10.2. The third-order valence-corrected chi connectivity index (χ3v) is 2.21. The van der Waals surface area contributed by atoms with Crippen molar-refractivity contribution in [3.8, 4) is 5.75 Å². The van der Waals surface area contributed by atoms with Crippen LogP contribution in [0.15, 0.2) is 30.3 Å². The molecule has 4 heteroatoms.